The van der Waals surface area contributed by atoms with Gasteiger partial charge in [-0.1, -0.05) is 27.5 Å². The number of imidazole rings is 1. The molecule has 0 fully saturated rings. The fourth-order valence-electron chi connectivity index (χ4n) is 1.51. The third-order valence-corrected chi connectivity index (χ3v) is 2.85. The predicted octanol–water partition coefficient (Wildman–Crippen LogP) is 3.99. The topological polar surface area (TPSA) is 17.8 Å². The molecule has 2 nitrogen and oxygen atoms in total. The van der Waals surface area contributed by atoms with E-state index in [0.29, 0.717) is 5.02 Å². The van der Waals surface area contributed by atoms with E-state index in [-0.39, 0.29) is 0 Å². The summed E-state index contributed by atoms with van der Waals surface area (Å²) in [6.07, 6.45) is 3.76. The van der Waals surface area contributed by atoms with Crippen molar-refractivity contribution < 1.29 is 0 Å². The Kier molecular flexibility index (Phi) is 3.12. The molecule has 0 bridgehead atoms. The van der Waals surface area contributed by atoms with Gasteiger partial charge in [0.25, 0.3) is 0 Å². The monoisotopic (exact) mass is 284 g/mol. The lowest BCUT2D eigenvalue weighted by Crippen LogP contribution is -1.95. The van der Waals surface area contributed by atoms with Crippen LogP contribution in [-0.4, -0.2) is 9.55 Å². The molecule has 0 unspecified atom stereocenters. The average molecular weight is 286 g/mol. The number of benzene rings is 1. The van der Waals surface area contributed by atoms with Crippen LogP contribution in [0.25, 0.3) is 11.4 Å². The van der Waals surface area contributed by atoms with E-state index in [1.54, 1.807) is 6.20 Å². The summed E-state index contributed by atoms with van der Waals surface area (Å²) in [5, 5.41) is 0.713. The molecule has 0 spiro atoms. The van der Waals surface area contributed by atoms with Crippen molar-refractivity contribution in [2.45, 2.75) is 13.5 Å². The maximum atomic E-state index is 6.00. The molecule has 0 radical (unpaired) electrons. The zero-order valence-electron chi connectivity index (χ0n) is 8.24. The van der Waals surface area contributed by atoms with Crippen molar-refractivity contribution in [3.05, 3.63) is 40.1 Å². The number of nitrogens with zero attached hydrogens (tertiary/aromatic N) is 2. The summed E-state index contributed by atoms with van der Waals surface area (Å²) >= 11 is 9.42. The molecular weight excluding hydrogens is 275 g/mol. The molecular formula is C11H10BrClN2. The first-order chi connectivity index (χ1) is 7.20. The van der Waals surface area contributed by atoms with E-state index in [1.807, 2.05) is 24.4 Å². The number of hydrogen-bond acceptors (Lipinski definition) is 1. The van der Waals surface area contributed by atoms with Gasteiger partial charge in [0.05, 0.1) is 0 Å². The van der Waals surface area contributed by atoms with Crippen LogP contribution >= 0.6 is 27.5 Å². The molecule has 15 heavy (non-hydrogen) atoms. The summed E-state index contributed by atoms with van der Waals surface area (Å²) in [6, 6.07) is 5.80. The van der Waals surface area contributed by atoms with E-state index in [0.717, 1.165) is 22.4 Å². The van der Waals surface area contributed by atoms with Crippen LogP contribution in [0.5, 0.6) is 0 Å². The molecule has 0 aliphatic rings. The van der Waals surface area contributed by atoms with Gasteiger partial charge in [-0.05, 0) is 25.1 Å². The highest BCUT2D eigenvalue weighted by Gasteiger charge is 2.06. The Morgan fingerprint density at radius 3 is 2.87 bits per heavy atom. The van der Waals surface area contributed by atoms with Crippen LogP contribution in [0.4, 0.5) is 0 Å². The lowest BCUT2D eigenvalue weighted by atomic mass is 10.2. The Morgan fingerprint density at radius 1 is 1.40 bits per heavy atom. The van der Waals surface area contributed by atoms with Crippen molar-refractivity contribution in [2.75, 3.05) is 0 Å². The average Bonchev–Trinajstić information content (AvgIpc) is 2.63. The van der Waals surface area contributed by atoms with Crippen molar-refractivity contribution >= 4 is 27.5 Å². The molecule has 1 heterocycles. The molecule has 0 aliphatic heterocycles. The maximum Gasteiger partial charge on any atom is 0.139 e. The second kappa shape index (κ2) is 4.37. The largest absolute Gasteiger partial charge is 0.331 e. The second-order valence-corrected chi connectivity index (χ2v) is 4.55. The first-order valence-electron chi connectivity index (χ1n) is 4.68. The Balaban J connectivity index is 2.53. The van der Waals surface area contributed by atoms with Gasteiger partial charge in [-0.3, -0.25) is 0 Å². The summed E-state index contributed by atoms with van der Waals surface area (Å²) in [4.78, 5) is 4.32. The van der Waals surface area contributed by atoms with Gasteiger partial charge in [-0.25, -0.2) is 4.98 Å². The molecule has 0 atom stereocenters. The molecule has 0 N–H and O–H groups in total. The highest BCUT2D eigenvalue weighted by atomic mass is 79.9. The third-order valence-electron chi connectivity index (χ3n) is 2.18. The Morgan fingerprint density at radius 2 is 2.20 bits per heavy atom. The Bertz CT molecular complexity index is 459. The fourth-order valence-corrected chi connectivity index (χ4v) is 2.37. The van der Waals surface area contributed by atoms with Crippen molar-refractivity contribution in [2.24, 2.45) is 0 Å². The van der Waals surface area contributed by atoms with Gasteiger partial charge in [-0.2, -0.15) is 0 Å². The molecule has 2 rings (SSSR count). The summed E-state index contributed by atoms with van der Waals surface area (Å²) < 4.78 is 3.05. The first kappa shape index (κ1) is 10.7. The highest BCUT2D eigenvalue weighted by molar-refractivity contribution is 9.10. The summed E-state index contributed by atoms with van der Waals surface area (Å²) in [5.74, 6) is 0.945. The smallest absolute Gasteiger partial charge is 0.139 e. The zero-order chi connectivity index (χ0) is 10.8. The number of aryl methyl sites for hydroxylation is 1. The minimum Gasteiger partial charge on any atom is -0.331 e. The summed E-state index contributed by atoms with van der Waals surface area (Å²) in [7, 11) is 0. The molecule has 0 amide bonds. The zero-order valence-corrected chi connectivity index (χ0v) is 10.6. The molecule has 1 aromatic carbocycles. The van der Waals surface area contributed by atoms with Crippen LogP contribution in [0.3, 0.4) is 0 Å². The van der Waals surface area contributed by atoms with Crippen molar-refractivity contribution in [3.63, 3.8) is 0 Å². The van der Waals surface area contributed by atoms with E-state index >= 15 is 0 Å². The second-order valence-electron chi connectivity index (χ2n) is 3.19. The first-order valence-corrected chi connectivity index (χ1v) is 5.85. The van der Waals surface area contributed by atoms with E-state index in [1.165, 1.54) is 0 Å². The van der Waals surface area contributed by atoms with E-state index in [9.17, 15) is 0 Å². The minimum absolute atomic E-state index is 0.713. The molecule has 4 heteroatoms. The van der Waals surface area contributed by atoms with E-state index in [4.69, 9.17) is 11.6 Å². The maximum absolute atomic E-state index is 6.00. The van der Waals surface area contributed by atoms with Crippen LogP contribution in [0.2, 0.25) is 5.02 Å². The van der Waals surface area contributed by atoms with Crippen molar-refractivity contribution in [3.8, 4) is 11.4 Å². The number of hydrogen-bond donors (Lipinski definition) is 0. The Hall–Kier alpha value is -0.800. The third kappa shape index (κ3) is 2.24. The Labute approximate surface area is 102 Å². The van der Waals surface area contributed by atoms with Gasteiger partial charge in [0.15, 0.2) is 0 Å². The van der Waals surface area contributed by atoms with Crippen molar-refractivity contribution in [1.29, 1.82) is 0 Å². The van der Waals surface area contributed by atoms with E-state index in [2.05, 4.69) is 32.4 Å². The van der Waals surface area contributed by atoms with Crippen LogP contribution in [-0.2, 0) is 6.54 Å². The predicted molar refractivity (Wildman–Crippen MR) is 66.0 cm³/mol. The molecule has 1 aromatic heterocycles. The summed E-state index contributed by atoms with van der Waals surface area (Å²) in [6.45, 7) is 2.99. The van der Waals surface area contributed by atoms with Gasteiger partial charge >= 0.3 is 0 Å². The van der Waals surface area contributed by atoms with Gasteiger partial charge in [0, 0.05) is 34.0 Å². The van der Waals surface area contributed by atoms with Crippen molar-refractivity contribution in [1.82, 2.24) is 9.55 Å². The molecule has 78 valence electrons. The SMILES string of the molecule is CCn1ccnc1-c1cc(Cl)cc(Br)c1. The normalized spacial score (nSPS) is 10.6. The lowest BCUT2D eigenvalue weighted by Gasteiger charge is -2.05. The highest BCUT2D eigenvalue weighted by Crippen LogP contribution is 2.26. The molecule has 0 saturated carbocycles. The molecule has 0 aliphatic carbocycles. The minimum atomic E-state index is 0.713. The standard InChI is InChI=1S/C11H10BrClN2/c1-2-15-4-3-14-11(15)8-5-9(12)7-10(13)6-8/h3-7H,2H2,1H3. The van der Waals surface area contributed by atoms with Gasteiger partial charge < -0.3 is 4.57 Å². The van der Waals surface area contributed by atoms with Gasteiger partial charge in [0.2, 0.25) is 0 Å². The van der Waals surface area contributed by atoms with Gasteiger partial charge in [0.1, 0.15) is 5.82 Å². The van der Waals surface area contributed by atoms with Crippen LogP contribution in [0.1, 0.15) is 6.92 Å². The quantitative estimate of drug-likeness (QED) is 0.816. The lowest BCUT2D eigenvalue weighted by molar-refractivity contribution is 0.771. The fraction of sp³-hybridized carbons (Fsp3) is 0.182. The number of rotatable bonds is 2. The summed E-state index contributed by atoms with van der Waals surface area (Å²) in [5.41, 5.74) is 1.03. The van der Waals surface area contributed by atoms with Crippen LogP contribution in [0, 0.1) is 0 Å². The van der Waals surface area contributed by atoms with E-state index < -0.39 is 0 Å². The van der Waals surface area contributed by atoms with Crippen LogP contribution in [0.15, 0.2) is 35.1 Å². The van der Waals surface area contributed by atoms with Crippen LogP contribution < -0.4 is 0 Å². The number of aromatic nitrogens is 2. The number of halogens is 2. The molecule has 2 aromatic rings. The molecule has 0 saturated heterocycles. The van der Waals surface area contributed by atoms with Gasteiger partial charge in [-0.15, -0.1) is 0 Å².